The van der Waals surface area contributed by atoms with Crippen LogP contribution < -0.4 is 0 Å². The van der Waals surface area contributed by atoms with Crippen LogP contribution in [0.1, 0.15) is 17.5 Å². The molecular formula is C18H14Cl2O2. The number of carboxylic acids is 1. The third kappa shape index (κ3) is 4.76. The van der Waals surface area contributed by atoms with E-state index in [1.165, 1.54) is 0 Å². The number of carboxylic acid groups (broad SMARTS) is 1. The van der Waals surface area contributed by atoms with Gasteiger partial charge in [-0.3, -0.25) is 4.79 Å². The maximum absolute atomic E-state index is 10.6. The summed E-state index contributed by atoms with van der Waals surface area (Å²) in [7, 11) is 0. The Hall–Kier alpha value is -2.03. The molecule has 0 heterocycles. The molecule has 112 valence electrons. The van der Waals surface area contributed by atoms with Crippen LogP contribution in [0.5, 0.6) is 0 Å². The van der Waals surface area contributed by atoms with Crippen molar-refractivity contribution in [2.45, 2.75) is 6.42 Å². The molecule has 0 atom stereocenters. The van der Waals surface area contributed by atoms with E-state index in [1.807, 2.05) is 54.6 Å². The minimum Gasteiger partial charge on any atom is -0.481 e. The molecule has 0 aliphatic rings. The topological polar surface area (TPSA) is 37.3 Å². The number of carbonyl (C=O) groups is 1. The van der Waals surface area contributed by atoms with Crippen molar-refractivity contribution in [2.75, 3.05) is 0 Å². The fourth-order valence-electron chi connectivity index (χ4n) is 1.95. The first-order valence-electron chi connectivity index (χ1n) is 6.67. The van der Waals surface area contributed by atoms with E-state index in [1.54, 1.807) is 12.2 Å². The van der Waals surface area contributed by atoms with Crippen molar-refractivity contribution >= 4 is 34.7 Å². The molecule has 0 radical (unpaired) electrons. The molecule has 2 aromatic carbocycles. The van der Waals surface area contributed by atoms with Gasteiger partial charge in [-0.25, -0.2) is 0 Å². The third-order valence-electron chi connectivity index (χ3n) is 3.00. The standard InChI is InChI=1S/C18H14Cl2O2/c19-15-9-5-13(6-10-15)17(3-1-2-4-18(21)22)14-7-11-16(20)12-8-14/h1-3,5-12H,4H2,(H,21,22)/b2-1+. The summed E-state index contributed by atoms with van der Waals surface area (Å²) in [6.45, 7) is 0. The Bertz CT molecular complexity index is 651. The Morgan fingerprint density at radius 1 is 0.909 bits per heavy atom. The normalized spacial score (nSPS) is 10.6. The summed E-state index contributed by atoms with van der Waals surface area (Å²) in [5.41, 5.74) is 2.95. The molecule has 0 aliphatic heterocycles. The number of benzene rings is 2. The van der Waals surface area contributed by atoms with Gasteiger partial charge in [0, 0.05) is 10.0 Å². The van der Waals surface area contributed by atoms with Crippen molar-refractivity contribution in [1.29, 1.82) is 0 Å². The minimum absolute atomic E-state index is 0.00891. The van der Waals surface area contributed by atoms with Crippen molar-refractivity contribution < 1.29 is 9.90 Å². The van der Waals surface area contributed by atoms with Gasteiger partial charge in [0.25, 0.3) is 0 Å². The highest BCUT2D eigenvalue weighted by atomic mass is 35.5. The molecule has 22 heavy (non-hydrogen) atoms. The Morgan fingerprint density at radius 3 is 1.77 bits per heavy atom. The number of aliphatic carboxylic acids is 1. The third-order valence-corrected chi connectivity index (χ3v) is 3.51. The predicted octanol–water partition coefficient (Wildman–Crippen LogP) is 5.46. The van der Waals surface area contributed by atoms with Crippen LogP contribution in [0, 0.1) is 0 Å². The molecule has 0 aliphatic carbocycles. The highest BCUT2D eigenvalue weighted by Gasteiger charge is 2.04. The summed E-state index contributed by atoms with van der Waals surface area (Å²) in [5.74, 6) is -0.857. The average molecular weight is 333 g/mol. The minimum atomic E-state index is -0.857. The molecule has 0 aromatic heterocycles. The average Bonchev–Trinajstić information content (AvgIpc) is 2.50. The lowest BCUT2D eigenvalue weighted by Gasteiger charge is -2.08. The summed E-state index contributed by atoms with van der Waals surface area (Å²) in [4.78, 5) is 10.6. The van der Waals surface area contributed by atoms with Crippen molar-refractivity contribution in [3.05, 3.63) is 87.9 Å². The molecule has 0 unspecified atom stereocenters. The molecular weight excluding hydrogens is 319 g/mol. The summed E-state index contributed by atoms with van der Waals surface area (Å²) < 4.78 is 0. The second-order valence-electron chi connectivity index (χ2n) is 4.62. The van der Waals surface area contributed by atoms with Gasteiger partial charge in [0.1, 0.15) is 0 Å². The predicted molar refractivity (Wildman–Crippen MR) is 91.4 cm³/mol. The molecule has 0 spiro atoms. The summed E-state index contributed by atoms with van der Waals surface area (Å²) >= 11 is 11.9. The van der Waals surface area contributed by atoms with Crippen molar-refractivity contribution in [3.63, 3.8) is 0 Å². The molecule has 1 N–H and O–H groups in total. The van der Waals surface area contributed by atoms with Crippen molar-refractivity contribution in [3.8, 4) is 0 Å². The fraction of sp³-hybridized carbons (Fsp3) is 0.0556. The van der Waals surface area contributed by atoms with Crippen LogP contribution in [0.25, 0.3) is 5.57 Å². The van der Waals surface area contributed by atoms with E-state index < -0.39 is 5.97 Å². The number of hydrogen-bond acceptors (Lipinski definition) is 1. The van der Waals surface area contributed by atoms with Crippen LogP contribution in [-0.4, -0.2) is 11.1 Å². The lowest BCUT2D eigenvalue weighted by molar-refractivity contribution is -0.136. The number of hydrogen-bond donors (Lipinski definition) is 1. The molecule has 0 saturated carbocycles. The molecule has 4 heteroatoms. The SMILES string of the molecule is O=C(O)C/C=C/C=C(c1ccc(Cl)cc1)c1ccc(Cl)cc1. The molecule has 0 saturated heterocycles. The van der Waals surface area contributed by atoms with Crippen molar-refractivity contribution in [1.82, 2.24) is 0 Å². The van der Waals surface area contributed by atoms with Gasteiger partial charge in [0.2, 0.25) is 0 Å². The van der Waals surface area contributed by atoms with Crippen LogP contribution in [0.15, 0.2) is 66.8 Å². The second kappa shape index (κ2) is 7.83. The van der Waals surface area contributed by atoms with E-state index in [-0.39, 0.29) is 6.42 Å². The fourth-order valence-corrected chi connectivity index (χ4v) is 2.20. The Labute approximate surface area is 139 Å². The first-order valence-corrected chi connectivity index (χ1v) is 7.42. The summed E-state index contributed by atoms with van der Waals surface area (Å²) in [5, 5.41) is 10.0. The number of allylic oxidation sites excluding steroid dienone is 2. The first kappa shape index (κ1) is 16.3. The highest BCUT2D eigenvalue weighted by Crippen LogP contribution is 2.26. The van der Waals surface area contributed by atoms with Crippen LogP contribution in [0.4, 0.5) is 0 Å². The van der Waals surface area contributed by atoms with Gasteiger partial charge in [-0.15, -0.1) is 0 Å². The van der Waals surface area contributed by atoms with Gasteiger partial charge in [0.15, 0.2) is 0 Å². The smallest absolute Gasteiger partial charge is 0.307 e. The second-order valence-corrected chi connectivity index (χ2v) is 5.49. The lowest BCUT2D eigenvalue weighted by Crippen LogP contribution is -1.90. The molecule has 0 fully saturated rings. The Balaban J connectivity index is 2.37. The van der Waals surface area contributed by atoms with E-state index in [0.29, 0.717) is 10.0 Å². The number of rotatable bonds is 5. The largest absolute Gasteiger partial charge is 0.481 e. The van der Waals surface area contributed by atoms with Gasteiger partial charge >= 0.3 is 5.97 Å². The van der Waals surface area contributed by atoms with E-state index >= 15 is 0 Å². The molecule has 2 rings (SSSR count). The maximum atomic E-state index is 10.6. The molecule has 2 nitrogen and oxygen atoms in total. The summed E-state index contributed by atoms with van der Waals surface area (Å²) in [6.07, 6.45) is 5.22. The first-order chi connectivity index (χ1) is 10.6. The van der Waals surface area contributed by atoms with E-state index in [4.69, 9.17) is 28.3 Å². The van der Waals surface area contributed by atoms with Crippen LogP contribution in [0.2, 0.25) is 10.0 Å². The van der Waals surface area contributed by atoms with Gasteiger partial charge in [-0.2, -0.15) is 0 Å². The molecule has 2 aromatic rings. The van der Waals surface area contributed by atoms with Crippen LogP contribution in [0.3, 0.4) is 0 Å². The lowest BCUT2D eigenvalue weighted by atomic mass is 9.97. The van der Waals surface area contributed by atoms with Gasteiger partial charge < -0.3 is 5.11 Å². The zero-order chi connectivity index (χ0) is 15.9. The van der Waals surface area contributed by atoms with E-state index in [9.17, 15) is 4.79 Å². The zero-order valence-corrected chi connectivity index (χ0v) is 13.2. The van der Waals surface area contributed by atoms with Gasteiger partial charge in [-0.05, 0) is 41.0 Å². The Kier molecular flexibility index (Phi) is 5.82. The molecule has 0 amide bonds. The summed E-state index contributed by atoms with van der Waals surface area (Å²) in [6, 6.07) is 15.0. The highest BCUT2D eigenvalue weighted by molar-refractivity contribution is 6.31. The van der Waals surface area contributed by atoms with Crippen LogP contribution in [-0.2, 0) is 4.79 Å². The zero-order valence-electron chi connectivity index (χ0n) is 11.7. The van der Waals surface area contributed by atoms with Crippen molar-refractivity contribution in [2.24, 2.45) is 0 Å². The quantitative estimate of drug-likeness (QED) is 0.738. The maximum Gasteiger partial charge on any atom is 0.307 e. The Morgan fingerprint density at radius 2 is 1.36 bits per heavy atom. The van der Waals surface area contributed by atoms with E-state index in [2.05, 4.69) is 0 Å². The van der Waals surface area contributed by atoms with Crippen LogP contribution >= 0.6 is 23.2 Å². The molecule has 0 bridgehead atoms. The van der Waals surface area contributed by atoms with Gasteiger partial charge in [0.05, 0.1) is 6.42 Å². The number of halogens is 2. The monoisotopic (exact) mass is 332 g/mol. The van der Waals surface area contributed by atoms with Gasteiger partial charge in [-0.1, -0.05) is 65.7 Å². The van der Waals surface area contributed by atoms with E-state index in [0.717, 1.165) is 16.7 Å².